The zero-order valence-electron chi connectivity index (χ0n) is 21.5. The molecule has 34 heavy (non-hydrogen) atoms. The van der Waals surface area contributed by atoms with E-state index in [1.165, 1.54) is 16.5 Å². The van der Waals surface area contributed by atoms with Crippen LogP contribution in [0.4, 0.5) is 5.82 Å². The summed E-state index contributed by atoms with van der Waals surface area (Å²) in [5, 5.41) is 5.68. The molecule has 2 aromatic heterocycles. The number of hydrogen-bond donors (Lipinski definition) is 0. The Labute approximate surface area is 205 Å². The van der Waals surface area contributed by atoms with Gasteiger partial charge in [-0.3, -0.25) is 4.68 Å². The van der Waals surface area contributed by atoms with Crippen molar-refractivity contribution in [3.63, 3.8) is 0 Å². The van der Waals surface area contributed by atoms with Gasteiger partial charge in [0.15, 0.2) is 0 Å². The summed E-state index contributed by atoms with van der Waals surface area (Å²) in [5.41, 5.74) is 2.52. The quantitative estimate of drug-likeness (QED) is 0.468. The van der Waals surface area contributed by atoms with Crippen LogP contribution in [0.15, 0.2) is 73.6 Å². The topological polar surface area (TPSA) is 46.4 Å². The molecule has 5 rings (SSSR count). The van der Waals surface area contributed by atoms with E-state index in [2.05, 4.69) is 75.4 Å². The van der Waals surface area contributed by atoms with Gasteiger partial charge in [-0.2, -0.15) is 5.10 Å². The summed E-state index contributed by atoms with van der Waals surface area (Å²) in [6, 6.07) is 13.1. The average Bonchev–Trinajstić information content (AvgIpc) is 3.27. The van der Waals surface area contributed by atoms with Crippen LogP contribution in [0, 0.1) is 6.92 Å². The highest BCUT2D eigenvalue weighted by Gasteiger charge is 2.26. The Morgan fingerprint density at radius 1 is 1.03 bits per heavy atom. The molecule has 0 spiro atoms. The fourth-order valence-electron chi connectivity index (χ4n) is 3.59. The standard InChI is InChI=1S/C11H13N3.C10H14N2O.C4H8.C3H6/c1-13-7-10(8-13)14-11-5-3-2-4-9(11)6-12-14;1-9-2-3-11-10(8-9)12-4-6-13-7-5-12;1-3-4-2;1-3-2/h2-6,10H,7-8H2,1H3;2-3,8H,4-7H2,1H3;3-4H,1-2H3;3H,1H2,2H3/b;;4-3+;. The first kappa shape index (κ1) is 27.3. The first-order valence-corrected chi connectivity index (χ1v) is 12.0. The van der Waals surface area contributed by atoms with Crippen molar-refractivity contribution in [2.24, 2.45) is 0 Å². The Kier molecular flexibility index (Phi) is 12.1. The van der Waals surface area contributed by atoms with Crippen LogP contribution >= 0.6 is 0 Å². The number of aromatic nitrogens is 3. The number of likely N-dealkylation sites (N-methyl/N-ethyl adjacent to an activating group) is 1. The van der Waals surface area contributed by atoms with E-state index in [1.807, 2.05) is 51.4 Å². The van der Waals surface area contributed by atoms with E-state index in [0.29, 0.717) is 6.04 Å². The number of nitrogens with zero attached hydrogens (tertiary/aromatic N) is 5. The van der Waals surface area contributed by atoms with Crippen molar-refractivity contribution < 1.29 is 4.74 Å². The molecule has 2 saturated heterocycles. The molecule has 0 radical (unpaired) electrons. The van der Waals surface area contributed by atoms with Crippen LogP contribution in [0.2, 0.25) is 0 Å². The lowest BCUT2D eigenvalue weighted by atomic mass is 10.1. The lowest BCUT2D eigenvalue weighted by Crippen LogP contribution is -2.45. The summed E-state index contributed by atoms with van der Waals surface area (Å²) in [4.78, 5) is 8.90. The van der Waals surface area contributed by atoms with E-state index in [4.69, 9.17) is 4.74 Å². The number of fused-ring (bicyclic) bond motifs is 1. The van der Waals surface area contributed by atoms with Crippen molar-refractivity contribution in [2.45, 2.75) is 33.7 Å². The number of para-hydroxylation sites is 1. The molecule has 0 saturated carbocycles. The highest BCUT2D eigenvalue weighted by Crippen LogP contribution is 2.23. The summed E-state index contributed by atoms with van der Waals surface area (Å²) in [7, 11) is 2.14. The largest absolute Gasteiger partial charge is 0.378 e. The summed E-state index contributed by atoms with van der Waals surface area (Å²) < 4.78 is 7.43. The van der Waals surface area contributed by atoms with Crippen LogP contribution in [0.1, 0.15) is 32.4 Å². The van der Waals surface area contributed by atoms with E-state index >= 15 is 0 Å². The molecule has 2 aliphatic heterocycles. The van der Waals surface area contributed by atoms with E-state index in [-0.39, 0.29) is 0 Å². The Balaban J connectivity index is 0.000000190. The van der Waals surface area contributed by atoms with E-state index < -0.39 is 0 Å². The lowest BCUT2D eigenvalue weighted by Gasteiger charge is -2.36. The number of morpholine rings is 1. The highest BCUT2D eigenvalue weighted by atomic mass is 16.5. The van der Waals surface area contributed by atoms with Crippen LogP contribution in [-0.4, -0.2) is 66.1 Å². The summed E-state index contributed by atoms with van der Waals surface area (Å²) >= 11 is 0. The Morgan fingerprint density at radius 2 is 1.68 bits per heavy atom. The van der Waals surface area contributed by atoms with E-state index in [0.717, 1.165) is 45.2 Å². The van der Waals surface area contributed by atoms with Crippen molar-refractivity contribution >= 4 is 16.7 Å². The number of benzene rings is 1. The molecule has 4 heterocycles. The number of pyridine rings is 1. The van der Waals surface area contributed by atoms with Crippen molar-refractivity contribution in [2.75, 3.05) is 51.3 Å². The van der Waals surface area contributed by atoms with Crippen LogP contribution in [0.3, 0.4) is 0 Å². The molecule has 1 aromatic carbocycles. The van der Waals surface area contributed by atoms with Gasteiger partial charge in [0.05, 0.1) is 31.0 Å². The van der Waals surface area contributed by atoms with E-state index in [9.17, 15) is 0 Å². The second-order valence-corrected chi connectivity index (χ2v) is 8.39. The molecule has 6 nitrogen and oxygen atoms in total. The molecule has 2 fully saturated rings. The summed E-state index contributed by atoms with van der Waals surface area (Å²) in [6.45, 7) is 17.1. The highest BCUT2D eigenvalue weighted by molar-refractivity contribution is 5.78. The fraction of sp³-hybridized carbons (Fsp3) is 0.429. The number of rotatable bonds is 2. The number of ether oxygens (including phenoxy) is 1. The summed E-state index contributed by atoms with van der Waals surface area (Å²) in [5.74, 6) is 1.07. The zero-order valence-corrected chi connectivity index (χ0v) is 21.5. The molecular formula is C28H41N5O. The van der Waals surface area contributed by atoms with Gasteiger partial charge in [0.1, 0.15) is 5.82 Å². The Morgan fingerprint density at radius 3 is 2.26 bits per heavy atom. The van der Waals surface area contributed by atoms with Gasteiger partial charge >= 0.3 is 0 Å². The third-order valence-electron chi connectivity index (χ3n) is 5.46. The first-order chi connectivity index (χ1) is 16.5. The van der Waals surface area contributed by atoms with Gasteiger partial charge in [-0.25, -0.2) is 4.98 Å². The van der Waals surface area contributed by atoms with Crippen LogP contribution in [0.25, 0.3) is 10.9 Å². The number of hydrogen-bond acceptors (Lipinski definition) is 5. The average molecular weight is 464 g/mol. The number of likely N-dealkylation sites (tertiary alicyclic amines) is 1. The maximum Gasteiger partial charge on any atom is 0.128 e. The summed E-state index contributed by atoms with van der Waals surface area (Å²) in [6.07, 6.45) is 9.56. The van der Waals surface area contributed by atoms with Crippen LogP contribution in [-0.2, 0) is 4.74 Å². The third-order valence-corrected chi connectivity index (χ3v) is 5.46. The zero-order chi connectivity index (χ0) is 24.8. The molecule has 0 atom stereocenters. The number of aryl methyl sites for hydroxylation is 1. The fourth-order valence-corrected chi connectivity index (χ4v) is 3.59. The van der Waals surface area contributed by atoms with Crippen LogP contribution in [0.5, 0.6) is 0 Å². The second-order valence-electron chi connectivity index (χ2n) is 8.39. The van der Waals surface area contributed by atoms with Gasteiger partial charge in [-0.05, 0) is 58.5 Å². The molecule has 184 valence electrons. The molecule has 2 aliphatic rings. The number of allylic oxidation sites excluding steroid dienone is 3. The maximum absolute atomic E-state index is 5.28. The molecule has 0 amide bonds. The second kappa shape index (κ2) is 15.0. The predicted octanol–water partition coefficient (Wildman–Crippen LogP) is 5.52. The van der Waals surface area contributed by atoms with Crippen molar-refractivity contribution in [3.05, 3.63) is 79.2 Å². The van der Waals surface area contributed by atoms with Gasteiger partial charge in [-0.1, -0.05) is 36.4 Å². The molecule has 0 bridgehead atoms. The van der Waals surface area contributed by atoms with Gasteiger partial charge in [0.25, 0.3) is 0 Å². The van der Waals surface area contributed by atoms with Crippen LogP contribution < -0.4 is 4.90 Å². The predicted molar refractivity (Wildman–Crippen MR) is 145 cm³/mol. The van der Waals surface area contributed by atoms with Gasteiger partial charge in [0.2, 0.25) is 0 Å². The monoisotopic (exact) mass is 463 g/mol. The Bertz CT molecular complexity index is 997. The molecule has 0 aliphatic carbocycles. The third kappa shape index (κ3) is 8.43. The molecule has 0 N–H and O–H groups in total. The van der Waals surface area contributed by atoms with Crippen molar-refractivity contribution in [1.82, 2.24) is 19.7 Å². The van der Waals surface area contributed by atoms with Gasteiger partial charge in [-0.15, -0.1) is 6.58 Å². The van der Waals surface area contributed by atoms with Gasteiger partial charge in [0, 0.05) is 37.8 Å². The SMILES string of the molecule is C/C=C/C.C=CC.CN1CC(n2ncc3ccccc32)C1.Cc1ccnc(N2CCOCC2)c1. The van der Waals surface area contributed by atoms with Gasteiger partial charge < -0.3 is 14.5 Å². The maximum atomic E-state index is 5.28. The smallest absolute Gasteiger partial charge is 0.128 e. The first-order valence-electron chi connectivity index (χ1n) is 12.0. The van der Waals surface area contributed by atoms with Crippen molar-refractivity contribution in [3.8, 4) is 0 Å². The van der Waals surface area contributed by atoms with E-state index in [1.54, 1.807) is 6.08 Å². The lowest BCUT2D eigenvalue weighted by molar-refractivity contribution is 0.122. The normalized spacial score (nSPS) is 15.9. The minimum absolute atomic E-state index is 0.569. The molecular weight excluding hydrogens is 422 g/mol. The molecule has 0 unspecified atom stereocenters. The molecule has 3 aromatic rings. The number of anilines is 1. The minimum Gasteiger partial charge on any atom is -0.378 e. The molecule has 6 heteroatoms. The minimum atomic E-state index is 0.569. The Hall–Kier alpha value is -2.96. The van der Waals surface area contributed by atoms with Crippen molar-refractivity contribution in [1.29, 1.82) is 0 Å².